The third-order valence-corrected chi connectivity index (χ3v) is 10.1. The van der Waals surface area contributed by atoms with Crippen LogP contribution in [0.25, 0.3) is 85.9 Å². The molecule has 0 saturated heterocycles. The van der Waals surface area contributed by atoms with Gasteiger partial charge in [-0.1, -0.05) is 152 Å². The predicted octanol–water partition coefficient (Wildman–Crippen LogP) is 12.5. The second kappa shape index (κ2) is 9.66. The van der Waals surface area contributed by atoms with Gasteiger partial charge < -0.3 is 0 Å². The lowest BCUT2D eigenvalue weighted by Crippen LogP contribution is -1.90. The molecule has 0 radical (unpaired) electrons. The molecule has 0 unspecified atom stereocenters. The normalized spacial score (nSPS) is 11.7. The van der Waals surface area contributed by atoms with Crippen molar-refractivity contribution in [2.24, 2.45) is 0 Å². The molecule has 200 valence electrons. The van der Waals surface area contributed by atoms with E-state index in [1.165, 1.54) is 85.9 Å². The van der Waals surface area contributed by atoms with Gasteiger partial charge in [-0.3, -0.25) is 0 Å². The van der Waals surface area contributed by atoms with Crippen molar-refractivity contribution in [3.8, 4) is 33.4 Å². The summed E-state index contributed by atoms with van der Waals surface area (Å²) in [6.07, 6.45) is 0. The van der Waals surface area contributed by atoms with Crippen molar-refractivity contribution in [2.45, 2.75) is 0 Å². The third kappa shape index (κ3) is 3.82. The van der Waals surface area contributed by atoms with E-state index in [0.29, 0.717) is 0 Å². The summed E-state index contributed by atoms with van der Waals surface area (Å²) in [7, 11) is 0. The monoisotopic (exact) mass is 562 g/mol. The maximum absolute atomic E-state index is 2.41. The number of hydrogen-bond donors (Lipinski definition) is 0. The molecule has 0 N–H and O–H groups in total. The van der Waals surface area contributed by atoms with Crippen LogP contribution in [-0.2, 0) is 0 Å². The van der Waals surface area contributed by atoms with E-state index in [9.17, 15) is 0 Å². The summed E-state index contributed by atoms with van der Waals surface area (Å²) in [5, 5.41) is 10.4. The van der Waals surface area contributed by atoms with Crippen molar-refractivity contribution in [2.75, 3.05) is 0 Å². The van der Waals surface area contributed by atoms with Gasteiger partial charge in [0.2, 0.25) is 0 Å². The molecule has 1 heteroatoms. The van der Waals surface area contributed by atoms with Crippen LogP contribution in [0, 0.1) is 0 Å². The minimum atomic E-state index is 1.24. The van der Waals surface area contributed by atoms with Gasteiger partial charge in [0.1, 0.15) is 0 Å². The molecule has 0 amide bonds. The van der Waals surface area contributed by atoms with Crippen LogP contribution in [0.1, 0.15) is 0 Å². The minimum Gasteiger partial charge on any atom is -0.135 e. The highest BCUT2D eigenvalue weighted by molar-refractivity contribution is 7.26. The Morgan fingerprint density at radius 1 is 0.302 bits per heavy atom. The summed E-state index contributed by atoms with van der Waals surface area (Å²) >= 11 is 1.91. The second-order valence-electron chi connectivity index (χ2n) is 11.3. The van der Waals surface area contributed by atoms with Gasteiger partial charge in [-0.25, -0.2) is 0 Å². The Kier molecular flexibility index (Phi) is 5.47. The Hall–Kier alpha value is -5.24. The van der Waals surface area contributed by atoms with E-state index in [2.05, 4.69) is 158 Å². The first kappa shape index (κ1) is 24.4. The number of benzene rings is 8. The lowest BCUT2D eigenvalue weighted by molar-refractivity contribution is 1.61. The molecule has 9 aromatic rings. The lowest BCUT2D eigenvalue weighted by Gasteiger charge is -2.18. The van der Waals surface area contributed by atoms with Crippen LogP contribution in [0.4, 0.5) is 0 Å². The van der Waals surface area contributed by atoms with Crippen LogP contribution in [0.15, 0.2) is 158 Å². The number of fused-ring (bicyclic) bond motifs is 7. The van der Waals surface area contributed by atoms with E-state index in [-0.39, 0.29) is 0 Å². The van der Waals surface area contributed by atoms with Gasteiger partial charge in [0.25, 0.3) is 0 Å². The minimum absolute atomic E-state index is 1.24. The van der Waals surface area contributed by atoms with Gasteiger partial charge in [0.05, 0.1) is 0 Å². The number of hydrogen-bond acceptors (Lipinski definition) is 1. The Morgan fingerprint density at radius 3 is 1.47 bits per heavy atom. The highest BCUT2D eigenvalue weighted by Crippen LogP contribution is 2.46. The smallest absolute Gasteiger partial charge is 0.0433 e. The molecule has 0 fully saturated rings. The molecule has 0 saturated carbocycles. The van der Waals surface area contributed by atoms with Crippen LogP contribution in [0.2, 0.25) is 0 Å². The van der Waals surface area contributed by atoms with Crippen molar-refractivity contribution in [3.05, 3.63) is 158 Å². The van der Waals surface area contributed by atoms with Crippen molar-refractivity contribution < 1.29 is 0 Å². The molecule has 0 atom stereocenters. The third-order valence-electron chi connectivity index (χ3n) is 8.86. The Morgan fingerprint density at radius 2 is 0.791 bits per heavy atom. The van der Waals surface area contributed by atoms with Gasteiger partial charge in [0, 0.05) is 20.2 Å². The zero-order valence-corrected chi connectivity index (χ0v) is 24.2. The summed E-state index contributed by atoms with van der Waals surface area (Å²) in [5.41, 5.74) is 7.58. The topological polar surface area (TPSA) is 0 Å². The molecule has 9 rings (SSSR count). The van der Waals surface area contributed by atoms with E-state index in [1.54, 1.807) is 0 Å². The summed E-state index contributed by atoms with van der Waals surface area (Å²) in [6.45, 7) is 0. The summed E-state index contributed by atoms with van der Waals surface area (Å²) in [4.78, 5) is 0. The average molecular weight is 563 g/mol. The summed E-state index contributed by atoms with van der Waals surface area (Å²) in [5.74, 6) is 0. The highest BCUT2D eigenvalue weighted by atomic mass is 32.1. The zero-order valence-electron chi connectivity index (χ0n) is 23.4. The van der Waals surface area contributed by atoms with Crippen LogP contribution in [-0.4, -0.2) is 0 Å². The van der Waals surface area contributed by atoms with Crippen molar-refractivity contribution in [3.63, 3.8) is 0 Å². The zero-order chi connectivity index (χ0) is 28.3. The Bertz CT molecular complexity index is 2420. The molecule has 1 heterocycles. The first-order chi connectivity index (χ1) is 21.3. The quantitative estimate of drug-likeness (QED) is 0.188. The molecular formula is C42H26S. The molecule has 0 spiro atoms. The van der Waals surface area contributed by atoms with Crippen LogP contribution in [0.3, 0.4) is 0 Å². The van der Waals surface area contributed by atoms with E-state index in [0.717, 1.165) is 0 Å². The van der Waals surface area contributed by atoms with E-state index in [4.69, 9.17) is 0 Å². The van der Waals surface area contributed by atoms with Crippen LogP contribution < -0.4 is 0 Å². The number of thiophene rings is 1. The van der Waals surface area contributed by atoms with Crippen LogP contribution in [0.5, 0.6) is 0 Å². The second-order valence-corrected chi connectivity index (χ2v) is 12.3. The fourth-order valence-electron chi connectivity index (χ4n) is 6.87. The van der Waals surface area contributed by atoms with Gasteiger partial charge in [0.15, 0.2) is 0 Å². The molecule has 1 aromatic heterocycles. The van der Waals surface area contributed by atoms with E-state index >= 15 is 0 Å². The SMILES string of the molecule is c1ccc(-c2ccc(-c3c4ccccc4c(-c4ccc5c(c4)sc4c6ccccc6ccc54)c4ccccc34)cc2)cc1. The van der Waals surface area contributed by atoms with Gasteiger partial charge in [-0.2, -0.15) is 0 Å². The van der Waals surface area contributed by atoms with Gasteiger partial charge in [-0.05, 0) is 71.8 Å². The molecule has 0 aliphatic rings. The average Bonchev–Trinajstić information content (AvgIpc) is 3.46. The maximum Gasteiger partial charge on any atom is 0.0433 e. The molecule has 0 aliphatic carbocycles. The van der Waals surface area contributed by atoms with Crippen molar-refractivity contribution >= 4 is 63.8 Å². The molecule has 8 aromatic carbocycles. The summed E-state index contributed by atoms with van der Waals surface area (Å²) in [6, 6.07) is 57.9. The van der Waals surface area contributed by atoms with Crippen LogP contribution >= 0.6 is 11.3 Å². The maximum atomic E-state index is 2.41. The standard InChI is InChI=1S/C42H26S/c1-2-10-27(11-3-1)28-18-20-30(21-19-28)40-34-14-6-8-16-36(34)41(37-17-9-7-15-35(37)40)31-23-24-33-38-25-22-29-12-4-5-13-32(29)42(38)43-39(33)26-31/h1-26H. The highest BCUT2D eigenvalue weighted by Gasteiger charge is 2.18. The number of rotatable bonds is 3. The molecular weight excluding hydrogens is 537 g/mol. The molecule has 0 aliphatic heterocycles. The van der Waals surface area contributed by atoms with E-state index < -0.39 is 0 Å². The van der Waals surface area contributed by atoms with Gasteiger partial charge in [-0.15, -0.1) is 11.3 Å². The summed E-state index contributed by atoms with van der Waals surface area (Å²) < 4.78 is 2.70. The predicted molar refractivity (Wildman–Crippen MR) is 188 cm³/mol. The largest absolute Gasteiger partial charge is 0.135 e. The fraction of sp³-hybridized carbons (Fsp3) is 0. The van der Waals surface area contributed by atoms with Crippen molar-refractivity contribution in [1.82, 2.24) is 0 Å². The fourth-order valence-corrected chi connectivity index (χ4v) is 8.15. The molecule has 43 heavy (non-hydrogen) atoms. The van der Waals surface area contributed by atoms with E-state index in [1.807, 2.05) is 11.3 Å². The Balaban J connectivity index is 1.28. The van der Waals surface area contributed by atoms with Gasteiger partial charge >= 0.3 is 0 Å². The molecule has 0 nitrogen and oxygen atoms in total. The molecule has 0 bridgehead atoms. The van der Waals surface area contributed by atoms with Crippen molar-refractivity contribution in [1.29, 1.82) is 0 Å². The Labute approximate surface area is 254 Å². The lowest BCUT2D eigenvalue weighted by atomic mass is 9.85. The first-order valence-corrected chi connectivity index (χ1v) is 15.6. The first-order valence-electron chi connectivity index (χ1n) is 14.8.